The summed E-state index contributed by atoms with van der Waals surface area (Å²) in [5, 5.41) is 3.05. The summed E-state index contributed by atoms with van der Waals surface area (Å²) in [5.41, 5.74) is 1.08. The molecule has 1 aromatic rings. The summed E-state index contributed by atoms with van der Waals surface area (Å²) in [5.74, 6) is -1.07. The number of hydrogen-bond acceptors (Lipinski definition) is 5. The number of rotatable bonds is 7. The van der Waals surface area contributed by atoms with Crippen LogP contribution in [0.15, 0.2) is 42.0 Å². The summed E-state index contributed by atoms with van der Waals surface area (Å²) in [7, 11) is 0. The summed E-state index contributed by atoms with van der Waals surface area (Å²) in [4.78, 5) is 23.2. The standard InChI is InChI=1S/C15H19NO4/c1-3-19-14(17)10-12(15(18)20-4-2)11-16-13-8-6-5-7-9-13/h5-10,16H,3-4,11H2,1-2H3/b12-10-. The van der Waals surface area contributed by atoms with Crippen LogP contribution in [0.3, 0.4) is 0 Å². The Labute approximate surface area is 118 Å². The lowest BCUT2D eigenvalue weighted by Gasteiger charge is -2.09. The molecular weight excluding hydrogens is 258 g/mol. The molecule has 0 aliphatic heterocycles. The summed E-state index contributed by atoms with van der Waals surface area (Å²) >= 11 is 0. The molecule has 0 aromatic heterocycles. The van der Waals surface area contributed by atoms with E-state index in [0.29, 0.717) is 0 Å². The number of carbonyl (C=O) groups is 2. The molecule has 5 nitrogen and oxygen atoms in total. The second-order valence-electron chi connectivity index (χ2n) is 3.86. The van der Waals surface area contributed by atoms with Gasteiger partial charge in [0, 0.05) is 18.3 Å². The van der Waals surface area contributed by atoms with Crippen molar-refractivity contribution in [3.8, 4) is 0 Å². The van der Waals surface area contributed by atoms with Gasteiger partial charge in [-0.3, -0.25) is 0 Å². The minimum absolute atomic E-state index is 0.196. The van der Waals surface area contributed by atoms with E-state index >= 15 is 0 Å². The average molecular weight is 277 g/mol. The normalized spacial score (nSPS) is 10.8. The summed E-state index contributed by atoms with van der Waals surface area (Å²) in [6, 6.07) is 9.38. The largest absolute Gasteiger partial charge is 0.463 e. The van der Waals surface area contributed by atoms with Gasteiger partial charge in [0.1, 0.15) is 0 Å². The van der Waals surface area contributed by atoms with Crippen LogP contribution in [0.4, 0.5) is 5.69 Å². The van der Waals surface area contributed by atoms with Gasteiger partial charge in [0.15, 0.2) is 0 Å². The Hall–Kier alpha value is -2.30. The molecule has 0 aliphatic rings. The average Bonchev–Trinajstić information content (AvgIpc) is 2.45. The van der Waals surface area contributed by atoms with Crippen molar-refractivity contribution in [1.29, 1.82) is 0 Å². The van der Waals surface area contributed by atoms with Crippen molar-refractivity contribution in [3.63, 3.8) is 0 Å². The Balaban J connectivity index is 2.72. The molecule has 0 radical (unpaired) electrons. The van der Waals surface area contributed by atoms with Gasteiger partial charge in [0.25, 0.3) is 0 Å². The Morgan fingerprint density at radius 3 is 2.35 bits per heavy atom. The van der Waals surface area contributed by atoms with E-state index in [4.69, 9.17) is 9.47 Å². The van der Waals surface area contributed by atoms with Gasteiger partial charge in [0.05, 0.1) is 18.8 Å². The number of esters is 2. The second-order valence-corrected chi connectivity index (χ2v) is 3.86. The van der Waals surface area contributed by atoms with Crippen LogP contribution in [0.1, 0.15) is 13.8 Å². The molecule has 0 fully saturated rings. The lowest BCUT2D eigenvalue weighted by Crippen LogP contribution is -2.17. The molecule has 0 amide bonds. The van der Waals surface area contributed by atoms with Crippen molar-refractivity contribution in [2.45, 2.75) is 13.8 Å². The molecule has 0 spiro atoms. The smallest absolute Gasteiger partial charge is 0.336 e. The third-order valence-electron chi connectivity index (χ3n) is 2.37. The van der Waals surface area contributed by atoms with Crippen LogP contribution in [-0.4, -0.2) is 31.7 Å². The minimum atomic E-state index is -0.551. The van der Waals surface area contributed by atoms with Crippen LogP contribution < -0.4 is 5.32 Å². The van der Waals surface area contributed by atoms with Crippen LogP contribution in [0, 0.1) is 0 Å². The van der Waals surface area contributed by atoms with E-state index in [9.17, 15) is 9.59 Å². The summed E-state index contributed by atoms with van der Waals surface area (Å²) in [6.45, 7) is 4.13. The quantitative estimate of drug-likeness (QED) is 0.611. The van der Waals surface area contributed by atoms with Gasteiger partial charge < -0.3 is 14.8 Å². The molecular formula is C15H19NO4. The monoisotopic (exact) mass is 277 g/mol. The van der Waals surface area contributed by atoms with Crippen molar-refractivity contribution in [1.82, 2.24) is 0 Å². The highest BCUT2D eigenvalue weighted by molar-refractivity contribution is 5.97. The highest BCUT2D eigenvalue weighted by Crippen LogP contribution is 2.07. The number of ether oxygens (including phenoxy) is 2. The van der Waals surface area contributed by atoms with Crippen molar-refractivity contribution in [2.75, 3.05) is 25.1 Å². The lowest BCUT2D eigenvalue weighted by molar-refractivity contribution is -0.140. The molecule has 0 heterocycles. The zero-order valence-corrected chi connectivity index (χ0v) is 11.7. The molecule has 1 aromatic carbocycles. The third-order valence-corrected chi connectivity index (χ3v) is 2.37. The molecule has 0 unspecified atom stereocenters. The van der Waals surface area contributed by atoms with Gasteiger partial charge in [-0.1, -0.05) is 18.2 Å². The fraction of sp³-hybridized carbons (Fsp3) is 0.333. The third kappa shape index (κ3) is 5.56. The summed E-state index contributed by atoms with van der Waals surface area (Å²) < 4.78 is 9.72. The van der Waals surface area contributed by atoms with Gasteiger partial charge in [-0.2, -0.15) is 0 Å². The number of benzene rings is 1. The number of anilines is 1. The Bertz CT molecular complexity index is 468. The molecule has 108 valence electrons. The number of hydrogen-bond donors (Lipinski definition) is 1. The molecule has 1 N–H and O–H groups in total. The fourth-order valence-corrected chi connectivity index (χ4v) is 1.49. The maximum atomic E-state index is 11.8. The molecule has 5 heteroatoms. The first-order valence-corrected chi connectivity index (χ1v) is 6.50. The van der Waals surface area contributed by atoms with Gasteiger partial charge in [-0.15, -0.1) is 0 Å². The van der Waals surface area contributed by atoms with E-state index in [1.54, 1.807) is 13.8 Å². The maximum absolute atomic E-state index is 11.8. The van der Waals surface area contributed by atoms with Crippen molar-refractivity contribution in [3.05, 3.63) is 42.0 Å². The predicted molar refractivity (Wildman–Crippen MR) is 76.3 cm³/mol. The minimum Gasteiger partial charge on any atom is -0.463 e. The Morgan fingerprint density at radius 2 is 1.75 bits per heavy atom. The summed E-state index contributed by atoms with van der Waals surface area (Å²) in [6.07, 6.45) is 1.16. The molecule has 0 aliphatic carbocycles. The van der Waals surface area contributed by atoms with E-state index in [-0.39, 0.29) is 25.3 Å². The van der Waals surface area contributed by atoms with Crippen LogP contribution in [0.5, 0.6) is 0 Å². The van der Waals surface area contributed by atoms with E-state index in [1.807, 2.05) is 30.3 Å². The van der Waals surface area contributed by atoms with E-state index < -0.39 is 11.9 Å². The van der Waals surface area contributed by atoms with E-state index in [0.717, 1.165) is 11.8 Å². The van der Waals surface area contributed by atoms with Gasteiger partial charge in [-0.25, -0.2) is 9.59 Å². The zero-order valence-electron chi connectivity index (χ0n) is 11.7. The number of para-hydroxylation sites is 1. The van der Waals surface area contributed by atoms with E-state index in [1.165, 1.54) is 0 Å². The first kappa shape index (κ1) is 15.8. The highest BCUT2D eigenvalue weighted by Gasteiger charge is 2.13. The second kappa shape index (κ2) is 8.74. The predicted octanol–water partition coefficient (Wildman–Crippen LogP) is 2.15. The van der Waals surface area contributed by atoms with Crippen molar-refractivity contribution < 1.29 is 19.1 Å². The van der Waals surface area contributed by atoms with Crippen molar-refractivity contribution in [2.24, 2.45) is 0 Å². The molecule has 0 atom stereocenters. The first-order valence-electron chi connectivity index (χ1n) is 6.50. The van der Waals surface area contributed by atoms with Crippen molar-refractivity contribution >= 4 is 17.6 Å². The zero-order chi connectivity index (χ0) is 14.8. The van der Waals surface area contributed by atoms with Gasteiger partial charge >= 0.3 is 11.9 Å². The van der Waals surface area contributed by atoms with Crippen LogP contribution in [0.2, 0.25) is 0 Å². The number of carbonyl (C=O) groups excluding carboxylic acids is 2. The van der Waals surface area contributed by atoms with Gasteiger partial charge in [-0.05, 0) is 26.0 Å². The maximum Gasteiger partial charge on any atom is 0.336 e. The van der Waals surface area contributed by atoms with E-state index in [2.05, 4.69) is 5.32 Å². The fourth-order valence-electron chi connectivity index (χ4n) is 1.49. The SMILES string of the molecule is CCOC(=O)/C=C(/CNc1ccccc1)C(=O)OCC. The van der Waals surface area contributed by atoms with Crippen LogP contribution in [0.25, 0.3) is 0 Å². The number of nitrogens with one attached hydrogen (secondary N) is 1. The molecule has 0 bridgehead atoms. The molecule has 0 saturated carbocycles. The lowest BCUT2D eigenvalue weighted by atomic mass is 10.2. The Kier molecular flexibility index (Phi) is 6.89. The first-order chi connectivity index (χ1) is 9.67. The topological polar surface area (TPSA) is 64.6 Å². The molecule has 0 saturated heterocycles. The van der Waals surface area contributed by atoms with Gasteiger partial charge in [0.2, 0.25) is 0 Å². The Morgan fingerprint density at radius 1 is 1.10 bits per heavy atom. The highest BCUT2D eigenvalue weighted by atomic mass is 16.5. The molecule has 20 heavy (non-hydrogen) atoms. The van der Waals surface area contributed by atoms with Crippen LogP contribution >= 0.6 is 0 Å². The molecule has 1 rings (SSSR count). The van der Waals surface area contributed by atoms with Crippen LogP contribution in [-0.2, 0) is 19.1 Å².